The van der Waals surface area contributed by atoms with Crippen LogP contribution in [0.3, 0.4) is 0 Å². The lowest BCUT2D eigenvalue weighted by Gasteiger charge is -2.13. The number of aryl methyl sites for hydroxylation is 1. The van der Waals surface area contributed by atoms with Crippen molar-refractivity contribution in [2.24, 2.45) is 5.92 Å². The van der Waals surface area contributed by atoms with E-state index in [0.717, 1.165) is 39.8 Å². The highest BCUT2D eigenvalue weighted by Gasteiger charge is 2.23. The SMILES string of the molecule is CC.CC(=O)c1ccccc1Sc1cc(NC(=O)C2CCCO2)ccc1C.CCC(C)C. The van der Waals surface area contributed by atoms with E-state index in [1.165, 1.54) is 18.2 Å². The first-order valence-electron chi connectivity index (χ1n) is 11.6. The molecule has 4 nitrogen and oxygen atoms in total. The van der Waals surface area contributed by atoms with E-state index in [2.05, 4.69) is 26.1 Å². The summed E-state index contributed by atoms with van der Waals surface area (Å²) in [6, 6.07) is 13.4. The first-order valence-corrected chi connectivity index (χ1v) is 12.4. The molecule has 0 spiro atoms. The van der Waals surface area contributed by atoms with Gasteiger partial charge in [0, 0.05) is 27.6 Å². The number of anilines is 1. The van der Waals surface area contributed by atoms with E-state index < -0.39 is 0 Å². The quantitative estimate of drug-likeness (QED) is 0.455. The molecule has 3 rings (SSSR count). The number of hydrogen-bond donors (Lipinski definition) is 1. The summed E-state index contributed by atoms with van der Waals surface area (Å²) in [6.45, 7) is 14.9. The van der Waals surface area contributed by atoms with Gasteiger partial charge in [0.2, 0.25) is 0 Å². The fourth-order valence-corrected chi connectivity index (χ4v) is 3.88. The highest BCUT2D eigenvalue weighted by molar-refractivity contribution is 7.99. The molecular formula is C27H39NO3S. The number of Topliss-reactive ketones (excluding diaryl/α,β-unsaturated/α-hetero) is 1. The molecule has 1 heterocycles. The van der Waals surface area contributed by atoms with Gasteiger partial charge < -0.3 is 10.1 Å². The Balaban J connectivity index is 0.000000646. The summed E-state index contributed by atoms with van der Waals surface area (Å²) in [6.07, 6.45) is 2.65. The monoisotopic (exact) mass is 457 g/mol. The van der Waals surface area contributed by atoms with Crippen LogP contribution >= 0.6 is 11.8 Å². The molecule has 1 aliphatic rings. The standard InChI is InChI=1S/C20H21NO3S.C5H12.C2H6/c1-13-9-10-15(21-20(23)17-7-5-11-24-17)12-19(13)25-18-8-4-3-6-16(18)14(2)22;1-4-5(2)3;1-2/h3-4,6,8-10,12,17H,5,7,11H2,1-2H3,(H,21,23);5H,4H2,1-3H3;1-2H3. The van der Waals surface area contributed by atoms with Crippen LogP contribution in [-0.4, -0.2) is 24.4 Å². The molecule has 0 aliphatic carbocycles. The smallest absolute Gasteiger partial charge is 0.253 e. The van der Waals surface area contributed by atoms with Gasteiger partial charge in [-0.15, -0.1) is 0 Å². The number of benzene rings is 2. The van der Waals surface area contributed by atoms with Crippen molar-refractivity contribution in [3.8, 4) is 0 Å². The molecule has 1 aliphatic heterocycles. The first kappa shape index (κ1) is 27.9. The Hall–Kier alpha value is -2.11. The number of nitrogens with one attached hydrogen (secondary N) is 1. The van der Waals surface area contributed by atoms with Gasteiger partial charge in [0.25, 0.3) is 5.91 Å². The van der Waals surface area contributed by atoms with Crippen LogP contribution < -0.4 is 5.32 Å². The summed E-state index contributed by atoms with van der Waals surface area (Å²) >= 11 is 1.54. The van der Waals surface area contributed by atoms with Crippen molar-refractivity contribution in [2.75, 3.05) is 11.9 Å². The third-order valence-corrected chi connectivity index (χ3v) is 6.22. The molecule has 176 valence electrons. The lowest BCUT2D eigenvalue weighted by Crippen LogP contribution is -2.26. The molecular weight excluding hydrogens is 418 g/mol. The molecule has 1 atom stereocenters. The number of amides is 1. The molecule has 2 aromatic carbocycles. The number of ether oxygens (including phenoxy) is 1. The Bertz CT molecular complexity index is 858. The van der Waals surface area contributed by atoms with E-state index >= 15 is 0 Å². The number of carbonyl (C=O) groups excluding carboxylic acids is 2. The van der Waals surface area contributed by atoms with E-state index in [0.29, 0.717) is 12.2 Å². The van der Waals surface area contributed by atoms with Crippen LogP contribution in [0.15, 0.2) is 52.3 Å². The van der Waals surface area contributed by atoms with Crippen molar-refractivity contribution in [3.05, 3.63) is 53.6 Å². The lowest BCUT2D eigenvalue weighted by molar-refractivity contribution is -0.124. The molecule has 1 amide bonds. The maximum absolute atomic E-state index is 12.2. The average molecular weight is 458 g/mol. The number of hydrogen-bond acceptors (Lipinski definition) is 4. The number of rotatable bonds is 6. The molecule has 0 bridgehead atoms. The summed E-state index contributed by atoms with van der Waals surface area (Å²) in [5.74, 6) is 0.833. The average Bonchev–Trinajstić information content (AvgIpc) is 3.33. The third kappa shape index (κ3) is 9.17. The van der Waals surface area contributed by atoms with Crippen LogP contribution in [0.4, 0.5) is 5.69 Å². The van der Waals surface area contributed by atoms with Gasteiger partial charge in [-0.1, -0.05) is 77.1 Å². The molecule has 32 heavy (non-hydrogen) atoms. The van der Waals surface area contributed by atoms with Crippen LogP contribution in [-0.2, 0) is 9.53 Å². The zero-order chi connectivity index (χ0) is 24.1. The van der Waals surface area contributed by atoms with Gasteiger partial charge in [-0.25, -0.2) is 0 Å². The maximum atomic E-state index is 12.2. The second-order valence-electron chi connectivity index (χ2n) is 7.93. The number of ketones is 1. The minimum atomic E-state index is -0.351. The molecule has 1 fully saturated rings. The van der Waals surface area contributed by atoms with Gasteiger partial charge in [0.05, 0.1) is 0 Å². The Morgan fingerprint density at radius 3 is 2.34 bits per heavy atom. The van der Waals surface area contributed by atoms with Crippen molar-refractivity contribution >= 4 is 29.1 Å². The molecule has 0 saturated carbocycles. The molecule has 1 unspecified atom stereocenters. The summed E-state index contributed by atoms with van der Waals surface area (Å²) in [5, 5.41) is 2.93. The highest BCUT2D eigenvalue weighted by Crippen LogP contribution is 2.34. The van der Waals surface area contributed by atoms with Crippen LogP contribution in [0.25, 0.3) is 0 Å². The van der Waals surface area contributed by atoms with Crippen molar-refractivity contribution in [1.29, 1.82) is 0 Å². The largest absolute Gasteiger partial charge is 0.368 e. The number of carbonyl (C=O) groups is 2. The van der Waals surface area contributed by atoms with Gasteiger partial charge >= 0.3 is 0 Å². The minimum absolute atomic E-state index is 0.0450. The predicted molar refractivity (Wildman–Crippen MR) is 136 cm³/mol. The van der Waals surface area contributed by atoms with E-state index in [1.807, 2.05) is 63.2 Å². The molecule has 0 radical (unpaired) electrons. The minimum Gasteiger partial charge on any atom is -0.368 e. The van der Waals surface area contributed by atoms with Crippen molar-refractivity contribution in [3.63, 3.8) is 0 Å². The van der Waals surface area contributed by atoms with E-state index in [4.69, 9.17) is 4.74 Å². The predicted octanol–water partition coefficient (Wildman–Crippen LogP) is 7.54. The Morgan fingerprint density at radius 1 is 1.12 bits per heavy atom. The summed E-state index contributed by atoms with van der Waals surface area (Å²) < 4.78 is 5.42. The second kappa shape index (κ2) is 14.9. The van der Waals surface area contributed by atoms with E-state index in [-0.39, 0.29) is 17.8 Å². The highest BCUT2D eigenvalue weighted by atomic mass is 32.2. The maximum Gasteiger partial charge on any atom is 0.253 e. The van der Waals surface area contributed by atoms with Crippen LogP contribution in [0.1, 0.15) is 76.7 Å². The fraction of sp³-hybridized carbons (Fsp3) is 0.481. The van der Waals surface area contributed by atoms with Crippen LogP contribution in [0, 0.1) is 12.8 Å². The van der Waals surface area contributed by atoms with Gasteiger partial charge in [-0.2, -0.15) is 0 Å². The van der Waals surface area contributed by atoms with E-state index in [1.54, 1.807) is 6.92 Å². The van der Waals surface area contributed by atoms with Gasteiger partial charge in [0.1, 0.15) is 6.10 Å². The lowest BCUT2D eigenvalue weighted by atomic mass is 10.1. The van der Waals surface area contributed by atoms with Crippen molar-refractivity contribution in [2.45, 2.75) is 83.6 Å². The topological polar surface area (TPSA) is 55.4 Å². The molecule has 0 aromatic heterocycles. The Morgan fingerprint density at radius 2 is 1.78 bits per heavy atom. The third-order valence-electron chi connectivity index (χ3n) is 4.98. The van der Waals surface area contributed by atoms with Gasteiger partial charge in [-0.3, -0.25) is 9.59 Å². The first-order chi connectivity index (χ1) is 15.3. The summed E-state index contributed by atoms with van der Waals surface area (Å²) in [7, 11) is 0. The van der Waals surface area contributed by atoms with Crippen molar-refractivity contribution in [1.82, 2.24) is 0 Å². The summed E-state index contributed by atoms with van der Waals surface area (Å²) in [5.41, 5.74) is 2.55. The zero-order valence-corrected chi connectivity index (χ0v) is 21.5. The molecule has 1 N–H and O–H groups in total. The van der Waals surface area contributed by atoms with Crippen LogP contribution in [0.5, 0.6) is 0 Å². The Kier molecular flexibility index (Phi) is 13.0. The normalized spacial score (nSPS) is 14.7. The Labute approximate surface area is 198 Å². The van der Waals surface area contributed by atoms with Gasteiger partial charge in [-0.05, 0) is 56.4 Å². The van der Waals surface area contributed by atoms with Crippen molar-refractivity contribution < 1.29 is 14.3 Å². The molecule has 5 heteroatoms. The summed E-state index contributed by atoms with van der Waals surface area (Å²) in [4.78, 5) is 26.0. The molecule has 2 aromatic rings. The fourth-order valence-electron chi connectivity index (χ4n) is 2.76. The van der Waals surface area contributed by atoms with E-state index in [9.17, 15) is 9.59 Å². The second-order valence-corrected chi connectivity index (χ2v) is 9.01. The molecule has 1 saturated heterocycles. The van der Waals surface area contributed by atoms with Crippen LogP contribution in [0.2, 0.25) is 0 Å². The zero-order valence-electron chi connectivity index (χ0n) is 20.7. The van der Waals surface area contributed by atoms with Gasteiger partial charge in [0.15, 0.2) is 5.78 Å².